The molecule has 4 heterocycles. The summed E-state index contributed by atoms with van der Waals surface area (Å²) in [5.74, 6) is -0.761. The molecule has 0 amide bonds. The first-order chi connectivity index (χ1) is 18.2. The van der Waals surface area contributed by atoms with Gasteiger partial charge in [0.05, 0.1) is 11.7 Å². The van der Waals surface area contributed by atoms with Crippen molar-refractivity contribution in [1.29, 1.82) is 0 Å². The Labute approximate surface area is 237 Å². The van der Waals surface area contributed by atoms with Crippen LogP contribution < -0.4 is 5.73 Å². The molecule has 39 heavy (non-hydrogen) atoms. The first-order valence-corrected chi connectivity index (χ1v) is 16.9. The lowest BCUT2D eigenvalue weighted by Crippen LogP contribution is -2.41. The molecule has 8 nitrogen and oxygen atoms in total. The molecule has 2 aliphatic rings. The number of hydrogen-bond acceptors (Lipinski definition) is 7. The number of aromatic nitrogens is 3. The summed E-state index contributed by atoms with van der Waals surface area (Å²) in [6.45, 7) is 17.7. The van der Waals surface area contributed by atoms with Crippen LogP contribution in [0.5, 0.6) is 0 Å². The highest BCUT2D eigenvalue weighted by molar-refractivity contribution is 6.74. The summed E-state index contributed by atoms with van der Waals surface area (Å²) in [5, 5.41) is 1.79. The maximum absolute atomic E-state index is 7.00. The zero-order valence-corrected chi connectivity index (χ0v) is 26.0. The molecular formula is C29H41ClN4O4Si. The second-order valence-corrected chi connectivity index (χ2v) is 17.9. The zero-order chi connectivity index (χ0) is 28.3. The molecule has 2 aliphatic heterocycles. The number of nitrogens with zero attached hydrogens (tertiary/aromatic N) is 3. The fourth-order valence-electron chi connectivity index (χ4n) is 5.35. The number of aryl methyl sites for hydroxylation is 1. The van der Waals surface area contributed by atoms with Crippen LogP contribution in [-0.2, 0) is 25.1 Å². The number of benzene rings is 1. The van der Waals surface area contributed by atoms with Crippen molar-refractivity contribution in [3.8, 4) is 0 Å². The second-order valence-electron chi connectivity index (χ2n) is 12.7. The van der Waals surface area contributed by atoms with Gasteiger partial charge in [-0.25, -0.2) is 9.97 Å². The molecule has 0 saturated carbocycles. The van der Waals surface area contributed by atoms with E-state index in [9.17, 15) is 0 Å². The van der Waals surface area contributed by atoms with Gasteiger partial charge < -0.3 is 28.9 Å². The third-order valence-corrected chi connectivity index (χ3v) is 13.3. The van der Waals surface area contributed by atoms with Gasteiger partial charge in [0.25, 0.3) is 0 Å². The van der Waals surface area contributed by atoms with Gasteiger partial charge in [-0.2, -0.15) is 0 Å². The molecule has 0 spiro atoms. The number of halogens is 1. The van der Waals surface area contributed by atoms with Crippen LogP contribution in [0, 0.1) is 6.92 Å². The monoisotopic (exact) mass is 572 g/mol. The summed E-state index contributed by atoms with van der Waals surface area (Å²) < 4.78 is 28.0. The highest BCUT2D eigenvalue weighted by Gasteiger charge is 2.57. The van der Waals surface area contributed by atoms with E-state index in [1.807, 2.05) is 55.8 Å². The molecule has 1 aromatic carbocycles. The van der Waals surface area contributed by atoms with Crippen molar-refractivity contribution < 1.29 is 18.6 Å². The Balaban J connectivity index is 1.43. The largest absolute Gasteiger partial charge is 0.416 e. The van der Waals surface area contributed by atoms with E-state index in [4.69, 9.17) is 36.0 Å². The van der Waals surface area contributed by atoms with Crippen molar-refractivity contribution in [3.63, 3.8) is 0 Å². The number of rotatable bonds is 7. The molecule has 0 unspecified atom stereocenters. The molecule has 2 fully saturated rings. The van der Waals surface area contributed by atoms with Crippen LogP contribution in [0.2, 0.25) is 23.2 Å². The van der Waals surface area contributed by atoms with Gasteiger partial charge in [-0.15, -0.1) is 0 Å². The summed E-state index contributed by atoms with van der Waals surface area (Å²) >= 11 is 6.44. The Bertz CT molecular complexity index is 1350. The van der Waals surface area contributed by atoms with Crippen LogP contribution in [0.15, 0.2) is 36.8 Å². The van der Waals surface area contributed by atoms with Gasteiger partial charge in [-0.3, -0.25) is 0 Å². The van der Waals surface area contributed by atoms with Crippen molar-refractivity contribution in [2.24, 2.45) is 5.73 Å². The Hall–Kier alpha value is -1.85. The van der Waals surface area contributed by atoms with Crippen molar-refractivity contribution in [1.82, 2.24) is 14.5 Å². The fraction of sp³-hybridized carbons (Fsp3) is 0.586. The molecule has 5 atom stereocenters. The normalized spacial score (nSPS) is 25.8. The Kier molecular flexibility index (Phi) is 7.50. The first-order valence-electron chi connectivity index (χ1n) is 13.7. The number of nitrogens with two attached hydrogens (primary N) is 1. The van der Waals surface area contributed by atoms with Crippen LogP contribution in [-0.4, -0.2) is 53.6 Å². The van der Waals surface area contributed by atoms with Gasteiger partial charge in [-0.05, 0) is 74.7 Å². The predicted octanol–water partition coefficient (Wildman–Crippen LogP) is 6.07. The van der Waals surface area contributed by atoms with Crippen LogP contribution in [0.4, 0.5) is 0 Å². The van der Waals surface area contributed by atoms with E-state index in [2.05, 4.69) is 43.8 Å². The topological polar surface area (TPSA) is 93.7 Å². The lowest BCUT2D eigenvalue weighted by Gasteiger charge is -2.36. The van der Waals surface area contributed by atoms with Gasteiger partial charge in [-0.1, -0.05) is 38.4 Å². The van der Waals surface area contributed by atoms with E-state index < -0.39 is 32.5 Å². The van der Waals surface area contributed by atoms with Gasteiger partial charge in [0, 0.05) is 23.2 Å². The molecule has 10 heteroatoms. The van der Waals surface area contributed by atoms with E-state index in [-0.39, 0.29) is 17.2 Å². The van der Waals surface area contributed by atoms with Crippen molar-refractivity contribution in [2.45, 2.75) is 102 Å². The third kappa shape index (κ3) is 5.42. The lowest BCUT2D eigenvalue weighted by atomic mass is 9.92. The molecule has 2 N–H and O–H groups in total. The molecule has 0 aliphatic carbocycles. The average Bonchev–Trinajstić information content (AvgIpc) is 3.49. The highest BCUT2D eigenvalue weighted by atomic mass is 35.5. The summed E-state index contributed by atoms with van der Waals surface area (Å²) in [5.41, 5.74) is 10.8. The lowest BCUT2D eigenvalue weighted by molar-refractivity contribution is -0.198. The number of fused-ring (bicyclic) bond motifs is 2. The summed E-state index contributed by atoms with van der Waals surface area (Å²) in [6.07, 6.45) is 2.67. The van der Waals surface area contributed by atoms with E-state index in [1.165, 1.54) is 0 Å². The Morgan fingerprint density at radius 2 is 1.87 bits per heavy atom. The van der Waals surface area contributed by atoms with Crippen LogP contribution in [0.25, 0.3) is 11.0 Å². The van der Waals surface area contributed by atoms with Crippen LogP contribution in [0.3, 0.4) is 0 Å². The SMILES string of the molecule is Cc1ncnc2c1ccn2[C@@H]1O[C@H]([C@H](N)c2ccc(Cl)cc2CCO[Si](C)(C)C(C)(C)C)[C@H]2OC(C)(C)O[C@H]21. The Morgan fingerprint density at radius 1 is 1.15 bits per heavy atom. The van der Waals surface area contributed by atoms with Crippen molar-refractivity contribution >= 4 is 31.0 Å². The van der Waals surface area contributed by atoms with Crippen molar-refractivity contribution in [3.05, 3.63) is 58.6 Å². The average molecular weight is 573 g/mol. The Morgan fingerprint density at radius 3 is 2.59 bits per heavy atom. The maximum Gasteiger partial charge on any atom is 0.191 e. The van der Waals surface area contributed by atoms with Gasteiger partial charge >= 0.3 is 0 Å². The molecule has 0 bridgehead atoms. The summed E-state index contributed by atoms with van der Waals surface area (Å²) in [4.78, 5) is 8.87. The third-order valence-electron chi connectivity index (χ3n) is 8.51. The second kappa shape index (κ2) is 10.2. The molecule has 5 rings (SSSR count). The predicted molar refractivity (Wildman–Crippen MR) is 155 cm³/mol. The first kappa shape index (κ1) is 28.7. The molecule has 3 aromatic rings. The van der Waals surface area contributed by atoms with Gasteiger partial charge in [0.15, 0.2) is 20.3 Å². The molecule has 212 valence electrons. The number of ether oxygens (including phenoxy) is 3. The van der Waals surface area contributed by atoms with Crippen LogP contribution >= 0.6 is 11.6 Å². The molecular weight excluding hydrogens is 532 g/mol. The minimum Gasteiger partial charge on any atom is -0.416 e. The van der Waals surface area contributed by atoms with E-state index >= 15 is 0 Å². The quantitative estimate of drug-likeness (QED) is 0.343. The van der Waals surface area contributed by atoms with Gasteiger partial charge in [0.2, 0.25) is 0 Å². The summed E-state index contributed by atoms with van der Waals surface area (Å²) in [7, 11) is -1.88. The molecule has 2 saturated heterocycles. The van der Waals surface area contributed by atoms with Gasteiger partial charge in [0.1, 0.15) is 30.3 Å². The maximum atomic E-state index is 7.00. The summed E-state index contributed by atoms with van der Waals surface area (Å²) in [6, 6.07) is 7.43. The van der Waals surface area contributed by atoms with E-state index in [0.717, 1.165) is 27.9 Å². The van der Waals surface area contributed by atoms with Crippen molar-refractivity contribution in [2.75, 3.05) is 6.61 Å². The fourth-order valence-corrected chi connectivity index (χ4v) is 6.59. The molecule has 0 radical (unpaired) electrons. The molecule has 2 aromatic heterocycles. The number of hydrogen-bond donors (Lipinski definition) is 1. The van der Waals surface area contributed by atoms with E-state index in [1.54, 1.807) is 6.33 Å². The minimum absolute atomic E-state index is 0.140. The smallest absolute Gasteiger partial charge is 0.191 e. The standard InChI is InChI=1S/C29H41ClN4O4Si/c1-17-20-11-13-34(26(20)33-16-32-17)27-25-24(37-29(5,6)38-25)23(36-27)22(31)21-10-9-19(30)15-18(21)12-14-35-39(7,8)28(2,3)4/h9-11,13,15-16,22-25,27H,12,14,31H2,1-8H3/t22-,23-,24-,25-,27-/m1/s1. The van der Waals surface area contributed by atoms with E-state index in [0.29, 0.717) is 18.1 Å². The van der Waals surface area contributed by atoms with Crippen LogP contribution in [0.1, 0.15) is 63.7 Å². The minimum atomic E-state index is -1.88. The highest BCUT2D eigenvalue weighted by Crippen LogP contribution is 2.47. The zero-order valence-electron chi connectivity index (χ0n) is 24.2.